The summed E-state index contributed by atoms with van der Waals surface area (Å²) in [5.74, 6) is -0.121. The summed E-state index contributed by atoms with van der Waals surface area (Å²) >= 11 is 0. The van der Waals surface area contributed by atoms with Crippen LogP contribution < -0.4 is 0 Å². The number of unbranched alkanes of at least 4 members (excludes halogenated alkanes) is 6. The van der Waals surface area contributed by atoms with Gasteiger partial charge in [0.1, 0.15) is 11.6 Å². The highest BCUT2D eigenvalue weighted by Gasteiger charge is 2.41. The van der Waals surface area contributed by atoms with Crippen LogP contribution in [0, 0.1) is 11.3 Å². The molecule has 0 aromatic carbocycles. The van der Waals surface area contributed by atoms with Gasteiger partial charge in [0, 0.05) is 0 Å². The van der Waals surface area contributed by atoms with Gasteiger partial charge < -0.3 is 0 Å². The van der Waals surface area contributed by atoms with Crippen molar-refractivity contribution < 1.29 is 9.59 Å². The minimum Gasteiger partial charge on any atom is -0.299 e. The average molecular weight is 280 g/mol. The number of hydrogen-bond acceptors (Lipinski definition) is 2. The van der Waals surface area contributed by atoms with Crippen LogP contribution in [0.2, 0.25) is 0 Å². The lowest BCUT2D eigenvalue weighted by atomic mass is 9.69. The molecule has 0 rings (SSSR count). The van der Waals surface area contributed by atoms with Gasteiger partial charge in [-0.05, 0) is 33.1 Å². The van der Waals surface area contributed by atoms with Crippen molar-refractivity contribution in [2.45, 2.75) is 79.1 Å². The molecular weight excluding hydrogens is 248 g/mol. The highest BCUT2D eigenvalue weighted by atomic mass is 16.2. The van der Waals surface area contributed by atoms with Crippen molar-refractivity contribution in [2.75, 3.05) is 0 Å². The molecule has 1 atom stereocenters. The number of allylic oxidation sites excluding steroid dienone is 1. The summed E-state index contributed by atoms with van der Waals surface area (Å²) in [6.07, 6.45) is 11.4. The zero-order valence-electron chi connectivity index (χ0n) is 13.8. The third-order valence-corrected chi connectivity index (χ3v) is 4.61. The fourth-order valence-corrected chi connectivity index (χ4v) is 2.73. The Labute approximate surface area is 125 Å². The molecule has 0 N–H and O–H groups in total. The van der Waals surface area contributed by atoms with E-state index in [1.807, 2.05) is 0 Å². The van der Waals surface area contributed by atoms with Gasteiger partial charge in [-0.15, -0.1) is 6.58 Å². The Morgan fingerprint density at radius 2 is 1.45 bits per heavy atom. The molecule has 0 bridgehead atoms. The summed E-state index contributed by atoms with van der Waals surface area (Å²) in [5, 5.41) is 0. The monoisotopic (exact) mass is 280 g/mol. The summed E-state index contributed by atoms with van der Waals surface area (Å²) < 4.78 is 0. The van der Waals surface area contributed by atoms with Crippen LogP contribution in [-0.2, 0) is 9.59 Å². The molecular formula is C18H32O2. The minimum absolute atomic E-state index is 0.0341. The van der Waals surface area contributed by atoms with E-state index in [1.54, 1.807) is 13.0 Å². The standard InChI is InChI=1S/C18H32O2/c1-6-8-9-10-11-12-13-14-17(7-2)18(5,15(3)19)16(4)20/h7,17H,2,6,8-14H2,1,3-5H3. The molecule has 2 nitrogen and oxygen atoms in total. The first-order chi connectivity index (χ1) is 9.41. The molecule has 0 amide bonds. The van der Waals surface area contributed by atoms with Crippen molar-refractivity contribution in [2.24, 2.45) is 11.3 Å². The summed E-state index contributed by atoms with van der Waals surface area (Å²) in [6.45, 7) is 10.9. The zero-order chi connectivity index (χ0) is 15.6. The number of ketones is 2. The Bertz CT molecular complexity index is 303. The smallest absolute Gasteiger partial charge is 0.143 e. The molecule has 0 saturated carbocycles. The molecule has 0 heterocycles. The highest BCUT2D eigenvalue weighted by molar-refractivity contribution is 6.05. The van der Waals surface area contributed by atoms with Crippen LogP contribution in [0.3, 0.4) is 0 Å². The van der Waals surface area contributed by atoms with Crippen molar-refractivity contribution in [1.82, 2.24) is 0 Å². The van der Waals surface area contributed by atoms with Crippen molar-refractivity contribution in [3.05, 3.63) is 12.7 Å². The lowest BCUT2D eigenvalue weighted by molar-refractivity contribution is -0.139. The first-order valence-electron chi connectivity index (χ1n) is 8.05. The molecule has 0 spiro atoms. The van der Waals surface area contributed by atoms with Crippen LogP contribution in [-0.4, -0.2) is 11.6 Å². The van der Waals surface area contributed by atoms with Crippen molar-refractivity contribution >= 4 is 11.6 Å². The van der Waals surface area contributed by atoms with Gasteiger partial charge >= 0.3 is 0 Å². The molecule has 0 aliphatic carbocycles. The van der Waals surface area contributed by atoms with Gasteiger partial charge in [0.2, 0.25) is 0 Å². The Balaban J connectivity index is 4.24. The zero-order valence-corrected chi connectivity index (χ0v) is 13.8. The molecule has 20 heavy (non-hydrogen) atoms. The Morgan fingerprint density at radius 3 is 1.85 bits per heavy atom. The second-order valence-electron chi connectivity index (χ2n) is 6.07. The van der Waals surface area contributed by atoms with Gasteiger partial charge in [-0.1, -0.05) is 57.9 Å². The quantitative estimate of drug-likeness (QED) is 0.283. The third-order valence-electron chi connectivity index (χ3n) is 4.61. The predicted molar refractivity (Wildman–Crippen MR) is 85.8 cm³/mol. The maximum atomic E-state index is 11.8. The van der Waals surface area contributed by atoms with Gasteiger partial charge in [-0.3, -0.25) is 9.59 Å². The summed E-state index contributed by atoms with van der Waals surface area (Å²) in [6, 6.07) is 0. The molecule has 0 aliphatic rings. The number of carbonyl (C=O) groups excluding carboxylic acids is 2. The fraction of sp³-hybridized carbons (Fsp3) is 0.778. The number of hydrogen-bond donors (Lipinski definition) is 0. The van der Waals surface area contributed by atoms with Crippen molar-refractivity contribution in [3.63, 3.8) is 0 Å². The molecule has 2 heteroatoms. The van der Waals surface area contributed by atoms with Crippen LogP contribution in [0.25, 0.3) is 0 Å². The predicted octanol–water partition coefficient (Wildman–Crippen LogP) is 5.11. The van der Waals surface area contributed by atoms with E-state index < -0.39 is 5.41 Å². The van der Waals surface area contributed by atoms with Gasteiger partial charge in [-0.25, -0.2) is 0 Å². The SMILES string of the molecule is C=CC(CCCCCCCCC)C(C)(C(C)=O)C(C)=O. The van der Waals surface area contributed by atoms with E-state index in [0.29, 0.717) is 0 Å². The second kappa shape index (κ2) is 9.90. The van der Waals surface area contributed by atoms with E-state index in [1.165, 1.54) is 52.4 Å². The topological polar surface area (TPSA) is 34.1 Å². The second-order valence-corrected chi connectivity index (χ2v) is 6.07. The van der Waals surface area contributed by atoms with E-state index in [2.05, 4.69) is 13.5 Å². The molecule has 0 fully saturated rings. The van der Waals surface area contributed by atoms with Crippen LogP contribution in [0.5, 0.6) is 0 Å². The van der Waals surface area contributed by atoms with Gasteiger partial charge in [0.25, 0.3) is 0 Å². The maximum absolute atomic E-state index is 11.8. The molecule has 0 aromatic rings. The number of Topliss-reactive ketones (excluding diaryl/α,β-unsaturated/α-hetero) is 2. The molecule has 0 aromatic heterocycles. The molecule has 0 saturated heterocycles. The molecule has 0 aliphatic heterocycles. The van der Waals surface area contributed by atoms with Crippen LogP contribution in [0.4, 0.5) is 0 Å². The number of carbonyl (C=O) groups is 2. The third kappa shape index (κ3) is 5.60. The average Bonchev–Trinajstić information content (AvgIpc) is 2.40. The largest absolute Gasteiger partial charge is 0.299 e. The van der Waals surface area contributed by atoms with E-state index in [4.69, 9.17) is 0 Å². The Kier molecular flexibility index (Phi) is 9.45. The van der Waals surface area contributed by atoms with Crippen LogP contribution in [0.15, 0.2) is 12.7 Å². The first kappa shape index (κ1) is 19.1. The summed E-state index contributed by atoms with van der Waals surface area (Å²) in [7, 11) is 0. The van der Waals surface area contributed by atoms with Crippen LogP contribution in [0.1, 0.15) is 79.1 Å². The van der Waals surface area contributed by atoms with E-state index in [0.717, 1.165) is 12.8 Å². The van der Waals surface area contributed by atoms with Crippen LogP contribution >= 0.6 is 0 Å². The highest BCUT2D eigenvalue weighted by Crippen LogP contribution is 2.34. The first-order valence-corrected chi connectivity index (χ1v) is 8.05. The Hall–Kier alpha value is -0.920. The van der Waals surface area contributed by atoms with Crippen molar-refractivity contribution in [3.8, 4) is 0 Å². The molecule has 116 valence electrons. The van der Waals surface area contributed by atoms with E-state index in [-0.39, 0.29) is 17.5 Å². The normalized spacial score (nSPS) is 13.0. The Morgan fingerprint density at radius 1 is 1.00 bits per heavy atom. The lowest BCUT2D eigenvalue weighted by Crippen LogP contribution is -2.40. The minimum atomic E-state index is -0.885. The van der Waals surface area contributed by atoms with Gasteiger partial charge in [-0.2, -0.15) is 0 Å². The van der Waals surface area contributed by atoms with E-state index in [9.17, 15) is 9.59 Å². The molecule has 0 radical (unpaired) electrons. The maximum Gasteiger partial charge on any atom is 0.143 e. The lowest BCUT2D eigenvalue weighted by Gasteiger charge is -2.31. The summed E-state index contributed by atoms with van der Waals surface area (Å²) in [5.41, 5.74) is -0.885. The molecule has 1 unspecified atom stereocenters. The van der Waals surface area contributed by atoms with Gasteiger partial charge in [0.15, 0.2) is 0 Å². The van der Waals surface area contributed by atoms with E-state index >= 15 is 0 Å². The fourth-order valence-electron chi connectivity index (χ4n) is 2.73. The van der Waals surface area contributed by atoms with Crippen molar-refractivity contribution in [1.29, 1.82) is 0 Å². The number of rotatable bonds is 12. The summed E-state index contributed by atoms with van der Waals surface area (Å²) in [4.78, 5) is 23.7. The van der Waals surface area contributed by atoms with Gasteiger partial charge in [0.05, 0.1) is 5.41 Å².